The summed E-state index contributed by atoms with van der Waals surface area (Å²) in [6.45, 7) is 4.86. The molecule has 0 saturated heterocycles. The molecule has 0 aromatic heterocycles. The highest BCUT2D eigenvalue weighted by Crippen LogP contribution is 2.15. The lowest BCUT2D eigenvalue weighted by Gasteiger charge is -2.14. The van der Waals surface area contributed by atoms with E-state index in [9.17, 15) is 33.9 Å². The number of ether oxygens (including phenoxy) is 5. The van der Waals surface area contributed by atoms with Crippen molar-refractivity contribution in [1.29, 1.82) is 0 Å². The summed E-state index contributed by atoms with van der Waals surface area (Å²) in [5, 5.41) is 29.0. The zero-order chi connectivity index (χ0) is 39.7. The molecule has 4 amide bonds. The number of aromatic carboxylic acids is 1. The van der Waals surface area contributed by atoms with E-state index in [4.69, 9.17) is 28.8 Å². The normalized spacial score (nSPS) is 11.4. The Labute approximate surface area is 317 Å². The van der Waals surface area contributed by atoms with Crippen LogP contribution < -0.4 is 26.0 Å². The predicted molar refractivity (Wildman–Crippen MR) is 197 cm³/mol. The van der Waals surface area contributed by atoms with Crippen molar-refractivity contribution in [3.05, 3.63) is 29.8 Å². The Morgan fingerprint density at radius 1 is 0.611 bits per heavy atom. The van der Waals surface area contributed by atoms with Crippen LogP contribution in [-0.2, 0) is 42.9 Å². The van der Waals surface area contributed by atoms with E-state index in [1.54, 1.807) is 12.1 Å². The lowest BCUT2D eigenvalue weighted by molar-refractivity contribution is -0.142. The summed E-state index contributed by atoms with van der Waals surface area (Å²) in [7, 11) is 0. The summed E-state index contributed by atoms with van der Waals surface area (Å²) in [5.41, 5.74) is 0.189. The summed E-state index contributed by atoms with van der Waals surface area (Å²) in [5.74, 6) is -2.86. The molecule has 0 saturated carbocycles. The molecule has 0 bridgehead atoms. The molecule has 1 rings (SSSR count). The number of amides is 4. The van der Waals surface area contributed by atoms with E-state index in [1.165, 1.54) is 12.1 Å². The largest absolute Gasteiger partial charge is 0.494 e. The van der Waals surface area contributed by atoms with Gasteiger partial charge in [-0.15, -0.1) is 0 Å². The maximum absolute atomic E-state index is 12.3. The minimum atomic E-state index is -1.20. The molecule has 0 fully saturated rings. The topological polar surface area (TPSA) is 237 Å². The zero-order valence-electron chi connectivity index (χ0n) is 31.5. The SMILES string of the molecule is CCCNC(=O)COCCOCCNC(=O)COCCOCCNC(=O)CC[C@H](NC(=O)CCCCCCCCCOc1cccc(C(=O)O)c1)C(=O)O. The van der Waals surface area contributed by atoms with Gasteiger partial charge in [0.15, 0.2) is 0 Å². The second kappa shape index (κ2) is 32.1. The number of carbonyl (C=O) groups excluding carboxylic acids is 4. The van der Waals surface area contributed by atoms with E-state index < -0.39 is 18.0 Å². The monoisotopic (exact) mass is 768 g/mol. The van der Waals surface area contributed by atoms with Gasteiger partial charge in [0.05, 0.1) is 51.8 Å². The van der Waals surface area contributed by atoms with Gasteiger partial charge in [-0.25, -0.2) is 9.59 Å². The van der Waals surface area contributed by atoms with Gasteiger partial charge < -0.3 is 55.2 Å². The molecule has 17 heteroatoms. The van der Waals surface area contributed by atoms with Gasteiger partial charge in [0, 0.05) is 32.5 Å². The summed E-state index contributed by atoms with van der Waals surface area (Å²) >= 11 is 0. The molecule has 1 atom stereocenters. The van der Waals surface area contributed by atoms with E-state index in [0.29, 0.717) is 38.5 Å². The number of nitrogens with one attached hydrogen (secondary N) is 4. The van der Waals surface area contributed by atoms with Gasteiger partial charge in [0.25, 0.3) is 0 Å². The first-order valence-electron chi connectivity index (χ1n) is 18.7. The van der Waals surface area contributed by atoms with Crippen LogP contribution in [0, 0.1) is 0 Å². The Kier molecular flexibility index (Phi) is 28.4. The van der Waals surface area contributed by atoms with Crippen LogP contribution in [0.15, 0.2) is 24.3 Å². The molecule has 0 unspecified atom stereocenters. The van der Waals surface area contributed by atoms with E-state index in [0.717, 1.165) is 44.9 Å². The van der Waals surface area contributed by atoms with Gasteiger partial charge in [-0.1, -0.05) is 45.1 Å². The van der Waals surface area contributed by atoms with Gasteiger partial charge in [-0.3, -0.25) is 19.2 Å². The number of unbranched alkanes of at least 4 members (excludes halogenated alkanes) is 6. The molecule has 1 aromatic rings. The van der Waals surface area contributed by atoms with Crippen molar-refractivity contribution in [3.63, 3.8) is 0 Å². The van der Waals surface area contributed by atoms with Gasteiger partial charge in [0.2, 0.25) is 23.6 Å². The van der Waals surface area contributed by atoms with Crippen molar-refractivity contribution in [3.8, 4) is 5.75 Å². The van der Waals surface area contributed by atoms with Crippen LogP contribution in [0.2, 0.25) is 0 Å². The molecule has 0 aliphatic carbocycles. The third kappa shape index (κ3) is 27.3. The van der Waals surface area contributed by atoms with Crippen molar-refractivity contribution < 1.29 is 62.7 Å². The number of aliphatic carboxylic acids is 1. The lowest BCUT2D eigenvalue weighted by atomic mass is 10.1. The summed E-state index contributed by atoms with van der Waals surface area (Å²) in [6, 6.07) is 5.23. The molecule has 1 aromatic carbocycles. The predicted octanol–water partition coefficient (Wildman–Crippen LogP) is 2.06. The second-order valence-electron chi connectivity index (χ2n) is 12.3. The van der Waals surface area contributed by atoms with Gasteiger partial charge in [0.1, 0.15) is 25.0 Å². The molecule has 17 nitrogen and oxygen atoms in total. The maximum atomic E-state index is 12.3. The molecule has 306 valence electrons. The van der Waals surface area contributed by atoms with Gasteiger partial charge in [-0.05, 0) is 43.9 Å². The third-order valence-corrected chi connectivity index (χ3v) is 7.61. The molecule has 0 radical (unpaired) electrons. The summed E-state index contributed by atoms with van der Waals surface area (Å²) in [6.07, 6.45) is 7.20. The van der Waals surface area contributed by atoms with E-state index in [1.807, 2.05) is 6.92 Å². The first-order chi connectivity index (χ1) is 26.1. The number of benzene rings is 1. The average molecular weight is 769 g/mol. The lowest BCUT2D eigenvalue weighted by Crippen LogP contribution is -2.41. The number of carbonyl (C=O) groups is 6. The van der Waals surface area contributed by atoms with Gasteiger partial charge in [-0.2, -0.15) is 0 Å². The van der Waals surface area contributed by atoms with Crippen molar-refractivity contribution in [1.82, 2.24) is 21.3 Å². The maximum Gasteiger partial charge on any atom is 0.335 e. The minimum absolute atomic E-state index is 0.0179. The first-order valence-corrected chi connectivity index (χ1v) is 18.7. The fraction of sp³-hybridized carbons (Fsp3) is 0.676. The number of hydrogen-bond donors (Lipinski definition) is 6. The van der Waals surface area contributed by atoms with E-state index >= 15 is 0 Å². The molecule has 0 spiro atoms. The number of hydrogen-bond acceptors (Lipinski definition) is 11. The van der Waals surface area contributed by atoms with E-state index in [-0.39, 0.29) is 101 Å². The van der Waals surface area contributed by atoms with Crippen molar-refractivity contribution in [2.24, 2.45) is 0 Å². The van der Waals surface area contributed by atoms with Crippen molar-refractivity contribution in [2.45, 2.75) is 83.6 Å². The molecular formula is C37H60N4O13. The van der Waals surface area contributed by atoms with Crippen molar-refractivity contribution in [2.75, 3.05) is 79.1 Å². The minimum Gasteiger partial charge on any atom is -0.494 e. The molecule has 0 aliphatic rings. The highest BCUT2D eigenvalue weighted by Gasteiger charge is 2.20. The summed E-state index contributed by atoms with van der Waals surface area (Å²) < 4.78 is 26.8. The highest BCUT2D eigenvalue weighted by molar-refractivity contribution is 5.88. The molecule has 54 heavy (non-hydrogen) atoms. The van der Waals surface area contributed by atoms with Crippen LogP contribution >= 0.6 is 0 Å². The van der Waals surface area contributed by atoms with Crippen LogP contribution in [0.1, 0.15) is 87.9 Å². The highest BCUT2D eigenvalue weighted by atomic mass is 16.5. The second-order valence-corrected chi connectivity index (χ2v) is 12.3. The van der Waals surface area contributed by atoms with Crippen molar-refractivity contribution >= 4 is 35.6 Å². The fourth-order valence-electron chi connectivity index (χ4n) is 4.73. The zero-order valence-corrected chi connectivity index (χ0v) is 31.5. The Hall–Kier alpha value is -4.32. The van der Waals surface area contributed by atoms with Crippen LogP contribution in [0.5, 0.6) is 5.75 Å². The molecule has 0 aliphatic heterocycles. The Bertz CT molecular complexity index is 1230. The van der Waals surface area contributed by atoms with E-state index in [2.05, 4.69) is 21.3 Å². The van der Waals surface area contributed by atoms with Crippen LogP contribution in [0.3, 0.4) is 0 Å². The molecule has 0 heterocycles. The number of carboxylic acid groups (broad SMARTS) is 2. The average Bonchev–Trinajstić information content (AvgIpc) is 3.15. The number of rotatable bonds is 35. The van der Waals surface area contributed by atoms with Crippen LogP contribution in [0.25, 0.3) is 0 Å². The van der Waals surface area contributed by atoms with Gasteiger partial charge >= 0.3 is 11.9 Å². The fourth-order valence-corrected chi connectivity index (χ4v) is 4.73. The summed E-state index contributed by atoms with van der Waals surface area (Å²) in [4.78, 5) is 70.3. The number of carboxylic acids is 2. The quantitative estimate of drug-likeness (QED) is 0.0543. The molecular weight excluding hydrogens is 708 g/mol. The first kappa shape index (κ1) is 47.7. The van der Waals surface area contributed by atoms with Crippen LogP contribution in [-0.4, -0.2) is 131 Å². The smallest absolute Gasteiger partial charge is 0.335 e. The Morgan fingerprint density at radius 3 is 1.76 bits per heavy atom. The third-order valence-electron chi connectivity index (χ3n) is 7.61. The Balaban J connectivity index is 1.96. The molecule has 6 N–H and O–H groups in total. The van der Waals surface area contributed by atoms with Crippen LogP contribution in [0.4, 0.5) is 0 Å². The Morgan fingerprint density at radius 2 is 1.17 bits per heavy atom. The standard InChI is InChI=1S/C37H60N4O13/c1-2-16-38-34(44)27-52-24-23-51-21-18-40-35(45)28-53-25-22-50-20-17-39-32(42)15-14-31(37(48)49)41-33(43)13-8-6-4-3-5-7-9-19-54-30-12-10-11-29(26-30)36(46)47/h10-12,26,31H,2-9,13-25,27-28H2,1H3,(H,38,44)(H,39,42)(H,40,45)(H,41,43)(H,46,47)(H,48,49)/t31-/m0/s1.